The van der Waals surface area contributed by atoms with Crippen molar-refractivity contribution in [3.05, 3.63) is 29.8 Å². The summed E-state index contributed by atoms with van der Waals surface area (Å²) < 4.78 is 5.19. The predicted octanol–water partition coefficient (Wildman–Crippen LogP) is 2.68. The monoisotopic (exact) mass is 276 g/mol. The summed E-state index contributed by atoms with van der Waals surface area (Å²) in [7, 11) is 1.69. The van der Waals surface area contributed by atoms with Crippen LogP contribution in [0, 0.1) is 5.92 Å². The number of benzene rings is 1. The van der Waals surface area contributed by atoms with Gasteiger partial charge in [0.25, 0.3) is 0 Å². The van der Waals surface area contributed by atoms with Crippen LogP contribution < -0.4 is 10.5 Å². The minimum atomic E-state index is 0.505. The SMILES string of the molecule is COc1ccc(C2=NC3CCC(CN)CC3S2)cc1. The highest BCUT2D eigenvalue weighted by Crippen LogP contribution is 2.40. The lowest BCUT2D eigenvalue weighted by molar-refractivity contribution is 0.347. The molecule has 2 aliphatic rings. The van der Waals surface area contributed by atoms with Crippen molar-refractivity contribution in [1.82, 2.24) is 0 Å². The summed E-state index contributed by atoms with van der Waals surface area (Å²) in [6.07, 6.45) is 3.64. The summed E-state index contributed by atoms with van der Waals surface area (Å²) >= 11 is 1.93. The van der Waals surface area contributed by atoms with Gasteiger partial charge in [-0.1, -0.05) is 0 Å². The Morgan fingerprint density at radius 2 is 2.11 bits per heavy atom. The third-order valence-corrected chi connectivity index (χ3v) is 5.46. The summed E-state index contributed by atoms with van der Waals surface area (Å²) in [4.78, 5) is 4.90. The van der Waals surface area contributed by atoms with Gasteiger partial charge in [-0.2, -0.15) is 0 Å². The van der Waals surface area contributed by atoms with Crippen LogP contribution in [0.25, 0.3) is 0 Å². The standard InChI is InChI=1S/C15H20N2OS/c1-18-12-5-3-11(4-6-12)15-17-13-7-2-10(9-16)8-14(13)19-15/h3-6,10,13-14H,2,7-9,16H2,1H3. The zero-order chi connectivity index (χ0) is 13.2. The molecule has 0 amide bonds. The van der Waals surface area contributed by atoms with Crippen LogP contribution in [0.1, 0.15) is 24.8 Å². The zero-order valence-electron chi connectivity index (χ0n) is 11.2. The van der Waals surface area contributed by atoms with E-state index in [2.05, 4.69) is 12.1 Å². The van der Waals surface area contributed by atoms with Crippen LogP contribution in [-0.2, 0) is 0 Å². The van der Waals surface area contributed by atoms with E-state index >= 15 is 0 Å². The second-order valence-corrected chi connectivity index (χ2v) is 6.53. The number of hydrogen-bond donors (Lipinski definition) is 1. The second-order valence-electron chi connectivity index (χ2n) is 5.30. The molecule has 0 saturated heterocycles. The Labute approximate surface area is 118 Å². The Kier molecular flexibility index (Phi) is 3.80. The molecule has 3 unspecified atom stereocenters. The maximum atomic E-state index is 5.80. The molecule has 3 nitrogen and oxygen atoms in total. The minimum absolute atomic E-state index is 0.505. The summed E-state index contributed by atoms with van der Waals surface area (Å²) in [5, 5.41) is 1.83. The Balaban J connectivity index is 1.73. The number of fused-ring (bicyclic) bond motifs is 1. The Morgan fingerprint density at radius 1 is 1.32 bits per heavy atom. The van der Waals surface area contributed by atoms with Gasteiger partial charge < -0.3 is 10.5 Å². The van der Waals surface area contributed by atoms with Crippen molar-refractivity contribution in [2.45, 2.75) is 30.6 Å². The minimum Gasteiger partial charge on any atom is -0.497 e. The van der Waals surface area contributed by atoms with E-state index in [1.807, 2.05) is 23.9 Å². The van der Waals surface area contributed by atoms with Crippen molar-refractivity contribution in [2.75, 3.05) is 13.7 Å². The number of nitrogens with two attached hydrogens (primary N) is 1. The molecule has 0 radical (unpaired) electrons. The zero-order valence-corrected chi connectivity index (χ0v) is 12.0. The van der Waals surface area contributed by atoms with Gasteiger partial charge in [0.15, 0.2) is 0 Å². The number of rotatable bonds is 3. The van der Waals surface area contributed by atoms with E-state index in [0.29, 0.717) is 17.2 Å². The second kappa shape index (κ2) is 5.55. The van der Waals surface area contributed by atoms with E-state index < -0.39 is 0 Å². The molecule has 1 aliphatic carbocycles. The molecule has 4 heteroatoms. The summed E-state index contributed by atoms with van der Waals surface area (Å²) in [6, 6.07) is 8.71. The molecule has 0 aromatic heterocycles. The highest BCUT2D eigenvalue weighted by Gasteiger charge is 2.35. The van der Waals surface area contributed by atoms with Crippen LogP contribution in [0.5, 0.6) is 5.75 Å². The maximum absolute atomic E-state index is 5.80. The molecule has 1 heterocycles. The van der Waals surface area contributed by atoms with Gasteiger partial charge in [0.1, 0.15) is 5.75 Å². The summed E-state index contributed by atoms with van der Waals surface area (Å²) in [6.45, 7) is 0.821. The number of ether oxygens (including phenoxy) is 1. The summed E-state index contributed by atoms with van der Waals surface area (Å²) in [5.74, 6) is 1.59. The number of thioether (sulfide) groups is 1. The lowest BCUT2D eigenvalue weighted by Crippen LogP contribution is -2.31. The van der Waals surface area contributed by atoms with Gasteiger partial charge in [-0.05, 0) is 56.0 Å². The third kappa shape index (κ3) is 2.65. The molecule has 102 valence electrons. The lowest BCUT2D eigenvalue weighted by Gasteiger charge is -2.28. The average molecular weight is 276 g/mol. The first-order valence-corrected chi connectivity index (χ1v) is 7.77. The lowest BCUT2D eigenvalue weighted by atomic mass is 9.86. The molecule has 1 aliphatic heterocycles. The van der Waals surface area contributed by atoms with Crippen molar-refractivity contribution in [3.63, 3.8) is 0 Å². The first-order chi connectivity index (χ1) is 9.30. The molecule has 3 rings (SSSR count). The first-order valence-electron chi connectivity index (χ1n) is 6.89. The van der Waals surface area contributed by atoms with Gasteiger partial charge in [0, 0.05) is 10.8 Å². The number of hydrogen-bond acceptors (Lipinski definition) is 4. The van der Waals surface area contributed by atoms with Crippen molar-refractivity contribution in [3.8, 4) is 5.75 Å². The molecule has 1 aromatic carbocycles. The van der Waals surface area contributed by atoms with Gasteiger partial charge in [-0.15, -0.1) is 11.8 Å². The molecule has 1 saturated carbocycles. The van der Waals surface area contributed by atoms with Crippen LogP contribution in [0.3, 0.4) is 0 Å². The molecular weight excluding hydrogens is 256 g/mol. The fraction of sp³-hybridized carbons (Fsp3) is 0.533. The fourth-order valence-electron chi connectivity index (χ4n) is 2.88. The van der Waals surface area contributed by atoms with Gasteiger partial charge in [-0.3, -0.25) is 4.99 Å². The van der Waals surface area contributed by atoms with Gasteiger partial charge in [-0.25, -0.2) is 0 Å². The molecule has 0 spiro atoms. The predicted molar refractivity (Wildman–Crippen MR) is 81.1 cm³/mol. The van der Waals surface area contributed by atoms with E-state index in [1.54, 1.807) is 7.11 Å². The van der Waals surface area contributed by atoms with E-state index in [0.717, 1.165) is 12.3 Å². The third-order valence-electron chi connectivity index (χ3n) is 4.08. The molecule has 1 fully saturated rings. The quantitative estimate of drug-likeness (QED) is 0.923. The average Bonchev–Trinajstić information content (AvgIpc) is 2.90. The van der Waals surface area contributed by atoms with Crippen LogP contribution in [0.15, 0.2) is 29.3 Å². The largest absolute Gasteiger partial charge is 0.497 e. The highest BCUT2D eigenvalue weighted by atomic mass is 32.2. The Bertz CT molecular complexity index is 472. The molecule has 0 bridgehead atoms. The maximum Gasteiger partial charge on any atom is 0.118 e. The van der Waals surface area contributed by atoms with Crippen molar-refractivity contribution < 1.29 is 4.74 Å². The van der Waals surface area contributed by atoms with Gasteiger partial charge in [0.2, 0.25) is 0 Å². The van der Waals surface area contributed by atoms with E-state index in [4.69, 9.17) is 15.5 Å². The number of aliphatic imine (C=N–C) groups is 1. The van der Waals surface area contributed by atoms with Crippen molar-refractivity contribution in [2.24, 2.45) is 16.6 Å². The number of methoxy groups -OCH3 is 1. The smallest absolute Gasteiger partial charge is 0.118 e. The Hall–Kier alpha value is -1.00. The van der Waals surface area contributed by atoms with Crippen molar-refractivity contribution >= 4 is 16.8 Å². The molecule has 3 atom stereocenters. The van der Waals surface area contributed by atoms with Crippen molar-refractivity contribution in [1.29, 1.82) is 0 Å². The van der Waals surface area contributed by atoms with Crippen LogP contribution >= 0.6 is 11.8 Å². The first kappa shape index (κ1) is 13.0. The van der Waals surface area contributed by atoms with Crippen LogP contribution in [0.2, 0.25) is 0 Å². The van der Waals surface area contributed by atoms with Crippen LogP contribution in [-0.4, -0.2) is 30.0 Å². The molecular formula is C15H20N2OS. The topological polar surface area (TPSA) is 47.6 Å². The summed E-state index contributed by atoms with van der Waals surface area (Å²) in [5.41, 5.74) is 7.02. The van der Waals surface area contributed by atoms with Crippen LogP contribution in [0.4, 0.5) is 0 Å². The van der Waals surface area contributed by atoms with E-state index in [1.165, 1.54) is 29.9 Å². The van der Waals surface area contributed by atoms with E-state index in [9.17, 15) is 0 Å². The molecule has 19 heavy (non-hydrogen) atoms. The Morgan fingerprint density at radius 3 is 2.79 bits per heavy atom. The highest BCUT2D eigenvalue weighted by molar-refractivity contribution is 8.15. The fourth-order valence-corrected chi connectivity index (χ4v) is 4.36. The molecule has 2 N–H and O–H groups in total. The number of nitrogens with zero attached hydrogens (tertiary/aromatic N) is 1. The molecule has 1 aromatic rings. The van der Waals surface area contributed by atoms with Gasteiger partial charge in [0.05, 0.1) is 18.2 Å². The normalized spacial score (nSPS) is 29.8. The van der Waals surface area contributed by atoms with E-state index in [-0.39, 0.29) is 0 Å². The van der Waals surface area contributed by atoms with Gasteiger partial charge >= 0.3 is 0 Å².